The van der Waals surface area contributed by atoms with Crippen LogP contribution in [0.4, 0.5) is 0 Å². The zero-order valence-corrected chi connectivity index (χ0v) is 16.6. The summed E-state index contributed by atoms with van der Waals surface area (Å²) in [5.41, 5.74) is 1.88. The fraction of sp³-hybridized carbons (Fsp3) is 0.562. The third-order valence-electron chi connectivity index (χ3n) is 3.57. The summed E-state index contributed by atoms with van der Waals surface area (Å²) in [6.45, 7) is 13.8. The number of hydrogen-bond acceptors (Lipinski definition) is 2. The molecular formula is C16H26INOSi. The zero-order chi connectivity index (χ0) is 15.8. The van der Waals surface area contributed by atoms with Gasteiger partial charge in [-0.05, 0) is 40.8 Å². The van der Waals surface area contributed by atoms with Gasteiger partial charge >= 0.3 is 0 Å². The standard InChI is InChI=1S/C16H26INOSi/c1-14(12-17)11-15(13-18)9-7-8-10-19-20(5,6)16(2,3)4/h7-8,11-12H,9-10H2,1-6H3/b8-7+,14-12-,15-11-. The van der Waals surface area contributed by atoms with Crippen LogP contribution in [0.3, 0.4) is 0 Å². The lowest BCUT2D eigenvalue weighted by Gasteiger charge is -2.35. The first kappa shape index (κ1) is 19.6. The predicted octanol–water partition coefficient (Wildman–Crippen LogP) is 5.74. The molecule has 0 atom stereocenters. The van der Waals surface area contributed by atoms with Gasteiger partial charge in [-0.3, -0.25) is 0 Å². The molecule has 0 aliphatic carbocycles. The molecule has 4 heteroatoms. The smallest absolute Gasteiger partial charge is 0.192 e. The fourth-order valence-electron chi connectivity index (χ4n) is 1.19. The maximum Gasteiger partial charge on any atom is 0.192 e. The molecule has 0 saturated carbocycles. The quantitative estimate of drug-likeness (QED) is 0.186. The van der Waals surface area contributed by atoms with Gasteiger partial charge in [0.1, 0.15) is 0 Å². The molecule has 2 nitrogen and oxygen atoms in total. The SMILES string of the molecule is CC(=C/I)/C=C(\C#N)C/C=C/CO[Si](C)(C)C(C)(C)C. The van der Waals surface area contributed by atoms with Gasteiger partial charge in [0.05, 0.1) is 12.7 Å². The highest BCUT2D eigenvalue weighted by Crippen LogP contribution is 2.36. The van der Waals surface area contributed by atoms with E-state index in [1.54, 1.807) is 0 Å². The maximum absolute atomic E-state index is 9.06. The number of nitrogens with zero attached hydrogens (tertiary/aromatic N) is 1. The molecule has 112 valence electrons. The van der Waals surface area contributed by atoms with Crippen molar-refractivity contribution < 1.29 is 4.43 Å². The molecule has 0 aromatic heterocycles. The average Bonchev–Trinajstić information content (AvgIpc) is 2.35. The van der Waals surface area contributed by atoms with E-state index in [1.165, 1.54) is 0 Å². The van der Waals surface area contributed by atoms with Crippen LogP contribution in [0.5, 0.6) is 0 Å². The highest BCUT2D eigenvalue weighted by molar-refractivity contribution is 14.1. The molecule has 0 fully saturated rings. The van der Waals surface area contributed by atoms with E-state index >= 15 is 0 Å². The Morgan fingerprint density at radius 1 is 1.30 bits per heavy atom. The van der Waals surface area contributed by atoms with Crippen molar-refractivity contribution in [2.24, 2.45) is 0 Å². The molecule has 0 rings (SSSR count). The Labute approximate surface area is 138 Å². The van der Waals surface area contributed by atoms with Crippen molar-refractivity contribution >= 4 is 30.9 Å². The van der Waals surface area contributed by atoms with E-state index in [0.29, 0.717) is 13.0 Å². The minimum Gasteiger partial charge on any atom is -0.413 e. The zero-order valence-electron chi connectivity index (χ0n) is 13.5. The summed E-state index contributed by atoms with van der Waals surface area (Å²) in [5.74, 6) is 0. The highest BCUT2D eigenvalue weighted by atomic mass is 127. The fourth-order valence-corrected chi connectivity index (χ4v) is 2.32. The number of rotatable bonds is 6. The number of allylic oxidation sites excluding steroid dienone is 4. The molecule has 0 N–H and O–H groups in total. The Hall–Kier alpha value is -0.383. The third kappa shape index (κ3) is 7.41. The molecule has 0 unspecified atom stereocenters. The first-order chi connectivity index (χ1) is 9.14. The van der Waals surface area contributed by atoms with Crippen LogP contribution in [0.1, 0.15) is 34.1 Å². The lowest BCUT2D eigenvalue weighted by molar-refractivity contribution is 0.328. The van der Waals surface area contributed by atoms with E-state index < -0.39 is 8.32 Å². The lowest BCUT2D eigenvalue weighted by Crippen LogP contribution is -2.40. The van der Waals surface area contributed by atoms with Crippen LogP contribution in [0.2, 0.25) is 18.1 Å². The van der Waals surface area contributed by atoms with E-state index in [-0.39, 0.29) is 5.04 Å². The largest absolute Gasteiger partial charge is 0.413 e. The summed E-state index contributed by atoms with van der Waals surface area (Å²) >= 11 is 2.18. The van der Waals surface area contributed by atoms with Gasteiger partial charge in [0.25, 0.3) is 0 Å². The van der Waals surface area contributed by atoms with Crippen LogP contribution in [0, 0.1) is 11.3 Å². The Bertz CT molecular complexity index is 436. The van der Waals surface area contributed by atoms with Crippen molar-refractivity contribution in [3.63, 3.8) is 0 Å². The molecular weight excluding hydrogens is 377 g/mol. The number of halogens is 1. The average molecular weight is 403 g/mol. The molecule has 0 aromatic carbocycles. The normalized spacial score (nSPS) is 14.7. The molecule has 0 spiro atoms. The van der Waals surface area contributed by atoms with Crippen molar-refractivity contribution in [2.75, 3.05) is 6.61 Å². The monoisotopic (exact) mass is 403 g/mol. The summed E-state index contributed by atoms with van der Waals surface area (Å²) in [6.07, 6.45) is 6.63. The molecule has 0 radical (unpaired) electrons. The van der Waals surface area contributed by atoms with Crippen molar-refractivity contribution in [3.8, 4) is 6.07 Å². The second-order valence-electron chi connectivity index (χ2n) is 6.38. The van der Waals surface area contributed by atoms with Gasteiger partial charge in [-0.1, -0.05) is 55.5 Å². The van der Waals surface area contributed by atoms with Crippen molar-refractivity contribution in [1.29, 1.82) is 5.26 Å². The van der Waals surface area contributed by atoms with E-state index in [9.17, 15) is 0 Å². The van der Waals surface area contributed by atoms with E-state index in [2.05, 4.69) is 62.5 Å². The van der Waals surface area contributed by atoms with Crippen LogP contribution in [-0.4, -0.2) is 14.9 Å². The summed E-state index contributed by atoms with van der Waals surface area (Å²) in [7, 11) is -1.66. The topological polar surface area (TPSA) is 33.0 Å². The van der Waals surface area contributed by atoms with Crippen LogP contribution in [0.25, 0.3) is 0 Å². The summed E-state index contributed by atoms with van der Waals surface area (Å²) in [6, 6.07) is 2.23. The van der Waals surface area contributed by atoms with Crippen molar-refractivity contribution in [1.82, 2.24) is 0 Å². The van der Waals surface area contributed by atoms with Gasteiger partial charge in [-0.2, -0.15) is 5.26 Å². The third-order valence-corrected chi connectivity index (χ3v) is 9.05. The maximum atomic E-state index is 9.06. The Kier molecular flexibility index (Phi) is 8.64. The van der Waals surface area contributed by atoms with E-state index in [0.717, 1.165) is 11.1 Å². The van der Waals surface area contributed by atoms with Gasteiger partial charge in [-0.25, -0.2) is 0 Å². The number of hydrogen-bond donors (Lipinski definition) is 0. The Balaban J connectivity index is 4.36. The number of nitriles is 1. The minimum absolute atomic E-state index is 0.237. The summed E-state index contributed by atoms with van der Waals surface area (Å²) in [4.78, 5) is 0. The first-order valence-electron chi connectivity index (χ1n) is 6.80. The van der Waals surface area contributed by atoms with E-state index in [4.69, 9.17) is 9.69 Å². The highest BCUT2D eigenvalue weighted by Gasteiger charge is 2.36. The Morgan fingerprint density at radius 2 is 1.90 bits per heavy atom. The second-order valence-corrected chi connectivity index (χ2v) is 11.8. The van der Waals surface area contributed by atoms with Crippen molar-refractivity contribution in [2.45, 2.75) is 52.2 Å². The van der Waals surface area contributed by atoms with Crippen molar-refractivity contribution in [3.05, 3.63) is 33.5 Å². The Morgan fingerprint density at radius 3 is 2.35 bits per heavy atom. The van der Waals surface area contributed by atoms with Crippen LogP contribution < -0.4 is 0 Å². The summed E-state index contributed by atoms with van der Waals surface area (Å²) < 4.78 is 8.02. The lowest BCUT2D eigenvalue weighted by atomic mass is 10.1. The van der Waals surface area contributed by atoms with Gasteiger partial charge < -0.3 is 4.43 Å². The second kappa shape index (κ2) is 8.80. The predicted molar refractivity (Wildman–Crippen MR) is 98.4 cm³/mol. The first-order valence-corrected chi connectivity index (χ1v) is 11.0. The molecule has 0 saturated heterocycles. The van der Waals surface area contributed by atoms with E-state index in [1.807, 2.05) is 29.2 Å². The van der Waals surface area contributed by atoms with Gasteiger partial charge in [0.2, 0.25) is 0 Å². The van der Waals surface area contributed by atoms with Gasteiger partial charge in [-0.15, -0.1) is 0 Å². The minimum atomic E-state index is -1.66. The molecule has 0 aliphatic heterocycles. The molecule has 0 amide bonds. The molecule has 0 bridgehead atoms. The van der Waals surface area contributed by atoms with Crippen LogP contribution >= 0.6 is 22.6 Å². The van der Waals surface area contributed by atoms with Crippen LogP contribution in [0.15, 0.2) is 33.5 Å². The molecule has 0 heterocycles. The molecule has 0 aliphatic rings. The van der Waals surface area contributed by atoms with Gasteiger partial charge in [0.15, 0.2) is 8.32 Å². The van der Waals surface area contributed by atoms with Crippen LogP contribution in [-0.2, 0) is 4.43 Å². The molecule has 0 aromatic rings. The summed E-state index contributed by atoms with van der Waals surface area (Å²) in [5, 5.41) is 9.29. The molecule has 20 heavy (non-hydrogen) atoms. The van der Waals surface area contributed by atoms with Gasteiger partial charge in [0, 0.05) is 12.0 Å².